The van der Waals surface area contributed by atoms with E-state index in [4.69, 9.17) is 9.47 Å². The molecule has 0 spiro atoms. The summed E-state index contributed by atoms with van der Waals surface area (Å²) in [6.07, 6.45) is 12.3. The van der Waals surface area contributed by atoms with E-state index in [2.05, 4.69) is 6.92 Å². The molecule has 1 saturated heterocycles. The molecule has 0 aromatic heterocycles. The van der Waals surface area contributed by atoms with Gasteiger partial charge in [0.25, 0.3) is 0 Å². The van der Waals surface area contributed by atoms with Crippen LogP contribution in [-0.4, -0.2) is 25.4 Å². The van der Waals surface area contributed by atoms with Crippen LogP contribution in [0.2, 0.25) is 0 Å². The van der Waals surface area contributed by atoms with E-state index in [9.17, 15) is 4.39 Å². The first-order chi connectivity index (χ1) is 13.6. The molecular formula is C25H39FO2. The average molecular weight is 391 g/mol. The third-order valence-corrected chi connectivity index (χ3v) is 7.12. The maximum absolute atomic E-state index is 14.4. The third-order valence-electron chi connectivity index (χ3n) is 7.12. The molecule has 1 saturated carbocycles. The highest BCUT2D eigenvalue weighted by Gasteiger charge is 2.31. The lowest BCUT2D eigenvalue weighted by Gasteiger charge is -2.38. The zero-order valence-electron chi connectivity index (χ0n) is 18.1. The molecule has 1 heterocycles. The summed E-state index contributed by atoms with van der Waals surface area (Å²) in [6, 6.07) is 3.98. The molecule has 3 heteroatoms. The van der Waals surface area contributed by atoms with E-state index in [1.807, 2.05) is 26.0 Å². The molecule has 28 heavy (non-hydrogen) atoms. The molecule has 2 unspecified atom stereocenters. The quantitative estimate of drug-likeness (QED) is 0.469. The van der Waals surface area contributed by atoms with Gasteiger partial charge in [0.1, 0.15) is 5.82 Å². The molecule has 0 bridgehead atoms. The highest BCUT2D eigenvalue weighted by atomic mass is 19.1. The van der Waals surface area contributed by atoms with Crippen molar-refractivity contribution in [3.8, 4) is 0 Å². The summed E-state index contributed by atoms with van der Waals surface area (Å²) in [4.78, 5) is 0. The number of rotatable bonds is 8. The number of hydrogen-bond acceptors (Lipinski definition) is 2. The number of aryl methyl sites for hydroxylation is 2. The fraction of sp³-hybridized carbons (Fsp3) is 0.760. The highest BCUT2D eigenvalue weighted by molar-refractivity contribution is 5.32. The highest BCUT2D eigenvalue weighted by Crippen LogP contribution is 2.37. The fourth-order valence-electron chi connectivity index (χ4n) is 4.89. The predicted octanol–water partition coefficient (Wildman–Crippen LogP) is 6.55. The van der Waals surface area contributed by atoms with Gasteiger partial charge in [0, 0.05) is 6.61 Å². The van der Waals surface area contributed by atoms with Gasteiger partial charge in [-0.3, -0.25) is 0 Å². The molecule has 158 valence electrons. The van der Waals surface area contributed by atoms with Crippen molar-refractivity contribution in [3.63, 3.8) is 0 Å². The number of halogens is 1. The third kappa shape index (κ3) is 5.79. The van der Waals surface area contributed by atoms with Crippen LogP contribution >= 0.6 is 0 Å². The summed E-state index contributed by atoms with van der Waals surface area (Å²) in [5.74, 6) is 1.50. The Kier molecular flexibility index (Phi) is 8.35. The van der Waals surface area contributed by atoms with Crippen LogP contribution in [0, 0.1) is 31.5 Å². The first-order valence-electron chi connectivity index (χ1n) is 11.6. The van der Waals surface area contributed by atoms with E-state index in [-0.39, 0.29) is 5.82 Å². The molecule has 2 atom stereocenters. The fourth-order valence-corrected chi connectivity index (χ4v) is 4.89. The van der Waals surface area contributed by atoms with Crippen LogP contribution in [0.25, 0.3) is 0 Å². The van der Waals surface area contributed by atoms with Crippen LogP contribution in [0.3, 0.4) is 0 Å². The molecule has 1 aliphatic heterocycles. The number of unbranched alkanes of at least 4 members (excludes halogenated alkanes) is 1. The second-order valence-corrected chi connectivity index (χ2v) is 9.07. The molecule has 3 rings (SSSR count). The normalized spacial score (nSPS) is 28.4. The Bertz CT molecular complexity index is 599. The Hall–Kier alpha value is -0.930. The summed E-state index contributed by atoms with van der Waals surface area (Å²) in [5.41, 5.74) is 2.66. The molecular weight excluding hydrogens is 351 g/mol. The zero-order chi connectivity index (χ0) is 19.9. The predicted molar refractivity (Wildman–Crippen MR) is 113 cm³/mol. The number of hydrogen-bond donors (Lipinski definition) is 0. The van der Waals surface area contributed by atoms with Crippen LogP contribution < -0.4 is 0 Å². The van der Waals surface area contributed by atoms with E-state index in [0.717, 1.165) is 55.1 Å². The van der Waals surface area contributed by atoms with Gasteiger partial charge in [-0.05, 0) is 100 Å². The zero-order valence-corrected chi connectivity index (χ0v) is 18.1. The van der Waals surface area contributed by atoms with Crippen molar-refractivity contribution >= 4 is 0 Å². The molecule has 2 nitrogen and oxygen atoms in total. The summed E-state index contributed by atoms with van der Waals surface area (Å²) in [7, 11) is 0. The SMILES string of the molecule is CCCCOC1CCC(C2CCC(CCc3ccc(C)c(C)c3F)OC2)CC1. The van der Waals surface area contributed by atoms with Gasteiger partial charge in [0.2, 0.25) is 0 Å². The largest absolute Gasteiger partial charge is 0.378 e. The minimum absolute atomic E-state index is 0.0217. The summed E-state index contributed by atoms with van der Waals surface area (Å²) in [6.45, 7) is 7.89. The van der Waals surface area contributed by atoms with Gasteiger partial charge in [-0.1, -0.05) is 25.5 Å². The van der Waals surface area contributed by atoms with Gasteiger partial charge in [0.15, 0.2) is 0 Å². The van der Waals surface area contributed by atoms with Crippen molar-refractivity contribution in [1.29, 1.82) is 0 Å². The first-order valence-corrected chi connectivity index (χ1v) is 11.6. The van der Waals surface area contributed by atoms with Crippen molar-refractivity contribution in [3.05, 3.63) is 34.6 Å². The maximum atomic E-state index is 14.4. The molecule has 0 N–H and O–H groups in total. The lowest BCUT2D eigenvalue weighted by molar-refractivity contribution is -0.0516. The molecule has 0 amide bonds. The van der Waals surface area contributed by atoms with Crippen molar-refractivity contribution in [2.24, 2.45) is 11.8 Å². The Labute approximate surface area is 171 Å². The second-order valence-electron chi connectivity index (χ2n) is 9.07. The first kappa shape index (κ1) is 21.8. The van der Waals surface area contributed by atoms with Crippen molar-refractivity contribution in [2.45, 2.75) is 97.2 Å². The Morgan fingerprint density at radius 3 is 2.46 bits per heavy atom. The van der Waals surface area contributed by atoms with E-state index >= 15 is 0 Å². The number of ether oxygens (including phenoxy) is 2. The van der Waals surface area contributed by atoms with Crippen LogP contribution in [0.5, 0.6) is 0 Å². The lowest BCUT2D eigenvalue weighted by Crippen LogP contribution is -2.34. The second kappa shape index (κ2) is 10.7. The van der Waals surface area contributed by atoms with Crippen LogP contribution in [0.1, 0.15) is 81.4 Å². The minimum Gasteiger partial charge on any atom is -0.378 e. The van der Waals surface area contributed by atoms with Crippen LogP contribution in [0.15, 0.2) is 12.1 Å². The summed E-state index contributed by atoms with van der Waals surface area (Å²) < 4.78 is 26.6. The van der Waals surface area contributed by atoms with Gasteiger partial charge < -0.3 is 9.47 Å². The van der Waals surface area contributed by atoms with Gasteiger partial charge in [-0.15, -0.1) is 0 Å². The number of benzene rings is 1. The summed E-state index contributed by atoms with van der Waals surface area (Å²) in [5, 5.41) is 0. The minimum atomic E-state index is -0.0217. The van der Waals surface area contributed by atoms with Crippen LogP contribution in [0.4, 0.5) is 4.39 Å². The average Bonchev–Trinajstić information content (AvgIpc) is 2.73. The molecule has 2 aliphatic rings. The Morgan fingerprint density at radius 2 is 1.79 bits per heavy atom. The van der Waals surface area contributed by atoms with Crippen LogP contribution in [-0.2, 0) is 15.9 Å². The molecule has 1 aliphatic carbocycles. The molecule has 1 aromatic carbocycles. The topological polar surface area (TPSA) is 18.5 Å². The molecule has 1 aromatic rings. The van der Waals surface area contributed by atoms with E-state index < -0.39 is 0 Å². The Morgan fingerprint density at radius 1 is 1.04 bits per heavy atom. The van der Waals surface area contributed by atoms with Crippen molar-refractivity contribution < 1.29 is 13.9 Å². The van der Waals surface area contributed by atoms with Gasteiger partial charge in [-0.25, -0.2) is 4.39 Å². The van der Waals surface area contributed by atoms with E-state index in [1.54, 1.807) is 0 Å². The summed E-state index contributed by atoms with van der Waals surface area (Å²) >= 11 is 0. The van der Waals surface area contributed by atoms with E-state index in [0.29, 0.717) is 18.1 Å². The smallest absolute Gasteiger partial charge is 0.129 e. The van der Waals surface area contributed by atoms with Gasteiger partial charge in [0.05, 0.1) is 18.8 Å². The van der Waals surface area contributed by atoms with Gasteiger partial charge in [-0.2, -0.15) is 0 Å². The lowest BCUT2D eigenvalue weighted by atomic mass is 9.76. The standard InChI is InChI=1S/C25H39FO2/c1-4-5-16-27-23-12-8-20(9-13-23)22-11-15-24(28-17-22)14-10-21-7-6-18(2)19(3)25(21)26/h6-7,20,22-24H,4-5,8-17H2,1-3H3. The Balaban J connectivity index is 1.37. The molecule has 0 radical (unpaired) electrons. The van der Waals surface area contributed by atoms with Crippen molar-refractivity contribution in [1.82, 2.24) is 0 Å². The maximum Gasteiger partial charge on any atom is 0.129 e. The molecule has 2 fully saturated rings. The van der Waals surface area contributed by atoms with Crippen molar-refractivity contribution in [2.75, 3.05) is 13.2 Å². The monoisotopic (exact) mass is 390 g/mol. The van der Waals surface area contributed by atoms with Gasteiger partial charge >= 0.3 is 0 Å². The van der Waals surface area contributed by atoms with E-state index in [1.165, 1.54) is 44.9 Å².